The maximum Gasteiger partial charge on any atom is 0.274 e. The Morgan fingerprint density at radius 1 is 1.26 bits per heavy atom. The standard InChI is InChI=1S/C26H27FN4O3S/c1-5-28-24(32)18-11-16-17(13-30(4)25(33)22(16)29-18)23-20(12-21(35-23)26(2,3)34)31-9-8-14-10-15(27)6-7-19(14)31/h6-7,10-13,29,34H,5,8-9H2,1-4H3,(H,28,32). The molecular formula is C26H27FN4O3S. The summed E-state index contributed by atoms with van der Waals surface area (Å²) in [4.78, 5) is 32.2. The van der Waals surface area contributed by atoms with Crippen LogP contribution < -0.4 is 15.8 Å². The Labute approximate surface area is 205 Å². The molecule has 182 valence electrons. The molecule has 7 nitrogen and oxygen atoms in total. The number of benzene rings is 1. The maximum atomic E-state index is 13.9. The van der Waals surface area contributed by atoms with Gasteiger partial charge in [-0.15, -0.1) is 11.3 Å². The van der Waals surface area contributed by atoms with Gasteiger partial charge in [0.25, 0.3) is 11.5 Å². The van der Waals surface area contributed by atoms with Crippen molar-refractivity contribution in [2.45, 2.75) is 32.8 Å². The summed E-state index contributed by atoms with van der Waals surface area (Å²) in [5.74, 6) is -0.547. The lowest BCUT2D eigenvalue weighted by atomic mass is 10.1. The molecule has 3 N–H and O–H groups in total. The fourth-order valence-corrected chi connectivity index (χ4v) is 5.78. The van der Waals surface area contributed by atoms with Crippen LogP contribution in [0.2, 0.25) is 0 Å². The first kappa shape index (κ1) is 23.3. The molecule has 1 aromatic carbocycles. The van der Waals surface area contributed by atoms with Crippen LogP contribution in [0, 0.1) is 5.82 Å². The van der Waals surface area contributed by atoms with E-state index >= 15 is 0 Å². The highest BCUT2D eigenvalue weighted by Crippen LogP contribution is 2.48. The molecule has 1 aliphatic rings. The molecule has 9 heteroatoms. The summed E-state index contributed by atoms with van der Waals surface area (Å²) >= 11 is 1.45. The second-order valence-electron chi connectivity index (χ2n) is 9.35. The number of carbonyl (C=O) groups excluding carboxylic acids is 1. The number of thiophene rings is 1. The van der Waals surface area contributed by atoms with E-state index in [-0.39, 0.29) is 17.3 Å². The van der Waals surface area contributed by atoms with Gasteiger partial charge in [-0.25, -0.2) is 4.39 Å². The van der Waals surface area contributed by atoms with Crippen molar-refractivity contribution in [3.8, 4) is 10.4 Å². The van der Waals surface area contributed by atoms with Crippen molar-refractivity contribution >= 4 is 39.5 Å². The summed E-state index contributed by atoms with van der Waals surface area (Å²) in [7, 11) is 1.68. The third-order valence-electron chi connectivity index (χ3n) is 6.33. The quantitative estimate of drug-likeness (QED) is 0.384. The Bertz CT molecular complexity index is 1530. The minimum absolute atomic E-state index is 0.234. The Morgan fingerprint density at radius 3 is 2.74 bits per heavy atom. The third kappa shape index (κ3) is 3.94. The lowest BCUT2D eigenvalue weighted by molar-refractivity contribution is 0.0825. The highest BCUT2D eigenvalue weighted by molar-refractivity contribution is 7.16. The number of H-pyrrole nitrogens is 1. The average Bonchev–Trinajstić information content (AvgIpc) is 3.52. The van der Waals surface area contributed by atoms with Crippen molar-refractivity contribution in [3.05, 3.63) is 68.8 Å². The number of pyridine rings is 1. The van der Waals surface area contributed by atoms with E-state index in [2.05, 4.69) is 15.2 Å². The van der Waals surface area contributed by atoms with Gasteiger partial charge in [-0.05, 0) is 63.1 Å². The van der Waals surface area contributed by atoms with Gasteiger partial charge in [0.05, 0.1) is 16.2 Å². The van der Waals surface area contributed by atoms with E-state index in [1.807, 2.05) is 13.0 Å². The first-order valence-corrected chi connectivity index (χ1v) is 12.3. The number of nitrogens with zero attached hydrogens (tertiary/aromatic N) is 2. The number of anilines is 2. The first-order valence-electron chi connectivity index (χ1n) is 11.5. The second kappa shape index (κ2) is 8.35. The molecule has 0 saturated carbocycles. The van der Waals surface area contributed by atoms with Gasteiger partial charge < -0.3 is 24.9 Å². The number of nitrogens with one attached hydrogen (secondary N) is 2. The number of aryl methyl sites for hydroxylation is 1. The molecule has 0 spiro atoms. The summed E-state index contributed by atoms with van der Waals surface area (Å²) in [6, 6.07) is 8.47. The molecule has 1 aliphatic heterocycles. The molecule has 4 aromatic rings. The van der Waals surface area contributed by atoms with E-state index in [1.165, 1.54) is 22.0 Å². The fourth-order valence-electron chi connectivity index (χ4n) is 4.59. The molecule has 0 radical (unpaired) electrons. The van der Waals surface area contributed by atoms with Gasteiger partial charge in [-0.1, -0.05) is 0 Å². The predicted molar refractivity (Wildman–Crippen MR) is 137 cm³/mol. The number of aromatic amines is 1. The van der Waals surface area contributed by atoms with E-state index in [9.17, 15) is 19.1 Å². The molecule has 3 aromatic heterocycles. The molecule has 4 heterocycles. The average molecular weight is 495 g/mol. The lowest BCUT2D eigenvalue weighted by Gasteiger charge is -2.21. The number of aromatic nitrogens is 2. The van der Waals surface area contributed by atoms with Crippen molar-refractivity contribution in [1.82, 2.24) is 14.9 Å². The van der Waals surface area contributed by atoms with Gasteiger partial charge in [0.1, 0.15) is 17.0 Å². The van der Waals surface area contributed by atoms with E-state index in [0.29, 0.717) is 36.1 Å². The van der Waals surface area contributed by atoms with Crippen LogP contribution in [0.4, 0.5) is 15.8 Å². The number of rotatable bonds is 5. The molecule has 0 atom stereocenters. The van der Waals surface area contributed by atoms with Crippen LogP contribution in [-0.4, -0.2) is 33.7 Å². The van der Waals surface area contributed by atoms with Crippen molar-refractivity contribution < 1.29 is 14.3 Å². The van der Waals surface area contributed by atoms with Crippen molar-refractivity contribution in [3.63, 3.8) is 0 Å². The molecule has 0 fully saturated rings. The summed E-state index contributed by atoms with van der Waals surface area (Å²) in [6.45, 7) is 6.44. The minimum atomic E-state index is -1.08. The van der Waals surface area contributed by atoms with Gasteiger partial charge >= 0.3 is 0 Å². The second-order valence-corrected chi connectivity index (χ2v) is 10.4. The molecule has 35 heavy (non-hydrogen) atoms. The minimum Gasteiger partial charge on any atom is -0.385 e. The highest BCUT2D eigenvalue weighted by atomic mass is 32.1. The number of hydrogen-bond donors (Lipinski definition) is 3. The topological polar surface area (TPSA) is 90.4 Å². The summed E-state index contributed by atoms with van der Waals surface area (Å²) < 4.78 is 15.4. The number of fused-ring (bicyclic) bond motifs is 2. The van der Waals surface area contributed by atoms with Crippen LogP contribution in [0.25, 0.3) is 21.3 Å². The van der Waals surface area contributed by atoms with Crippen LogP contribution in [0.5, 0.6) is 0 Å². The summed E-state index contributed by atoms with van der Waals surface area (Å²) in [5.41, 5.74) is 2.85. The number of halogens is 1. The van der Waals surface area contributed by atoms with Crippen LogP contribution in [0.1, 0.15) is 41.7 Å². The van der Waals surface area contributed by atoms with E-state index in [0.717, 1.165) is 32.3 Å². The Balaban J connectivity index is 1.76. The largest absolute Gasteiger partial charge is 0.385 e. The lowest BCUT2D eigenvalue weighted by Crippen LogP contribution is -2.23. The highest BCUT2D eigenvalue weighted by Gasteiger charge is 2.30. The monoisotopic (exact) mass is 494 g/mol. The molecule has 0 aliphatic carbocycles. The molecule has 1 amide bonds. The zero-order valence-corrected chi connectivity index (χ0v) is 20.8. The predicted octanol–water partition coefficient (Wildman–Crippen LogP) is 4.41. The molecule has 0 unspecified atom stereocenters. The SMILES string of the molecule is CCNC(=O)c1cc2c(-c3sc(C(C)(C)O)cc3N3CCc4cc(F)ccc43)cn(C)c(=O)c2[nH]1. The zero-order chi connectivity index (χ0) is 25.1. The van der Waals surface area contributed by atoms with Crippen molar-refractivity contribution in [1.29, 1.82) is 0 Å². The summed E-state index contributed by atoms with van der Waals surface area (Å²) in [6.07, 6.45) is 2.47. The van der Waals surface area contributed by atoms with E-state index in [4.69, 9.17) is 0 Å². The molecular weight excluding hydrogens is 467 g/mol. The summed E-state index contributed by atoms with van der Waals surface area (Å²) in [5, 5.41) is 14.2. The van der Waals surface area contributed by atoms with E-state index in [1.54, 1.807) is 45.3 Å². The van der Waals surface area contributed by atoms with E-state index < -0.39 is 5.60 Å². The van der Waals surface area contributed by atoms with Gasteiger partial charge in [-0.3, -0.25) is 9.59 Å². The van der Waals surface area contributed by atoms with Crippen molar-refractivity contribution in [2.24, 2.45) is 7.05 Å². The smallest absolute Gasteiger partial charge is 0.274 e. The van der Waals surface area contributed by atoms with Crippen LogP contribution >= 0.6 is 11.3 Å². The third-order valence-corrected chi connectivity index (χ3v) is 7.81. The fraction of sp³-hybridized carbons (Fsp3) is 0.308. The Kier molecular flexibility index (Phi) is 5.56. The number of carbonyl (C=O) groups is 1. The number of aliphatic hydroxyl groups is 1. The Morgan fingerprint density at radius 2 is 2.03 bits per heavy atom. The molecule has 0 bridgehead atoms. The molecule has 5 rings (SSSR count). The Hall–Kier alpha value is -3.43. The molecule has 0 saturated heterocycles. The maximum absolute atomic E-state index is 13.9. The first-order chi connectivity index (χ1) is 16.6. The van der Waals surface area contributed by atoms with Gasteiger partial charge in [0.2, 0.25) is 0 Å². The van der Waals surface area contributed by atoms with Crippen LogP contribution in [0.15, 0.2) is 41.3 Å². The van der Waals surface area contributed by atoms with Crippen LogP contribution in [0.3, 0.4) is 0 Å². The van der Waals surface area contributed by atoms with Crippen LogP contribution in [-0.2, 0) is 19.1 Å². The number of amides is 1. The van der Waals surface area contributed by atoms with Gasteiger partial charge in [0.15, 0.2) is 0 Å². The van der Waals surface area contributed by atoms with Gasteiger partial charge in [-0.2, -0.15) is 0 Å². The van der Waals surface area contributed by atoms with Crippen molar-refractivity contribution in [2.75, 3.05) is 18.0 Å². The normalized spacial score (nSPS) is 13.5. The van der Waals surface area contributed by atoms with Gasteiger partial charge in [0, 0.05) is 47.8 Å². The zero-order valence-electron chi connectivity index (χ0n) is 20.0. The number of hydrogen-bond acceptors (Lipinski definition) is 5.